The van der Waals surface area contributed by atoms with Crippen LogP contribution in [0.5, 0.6) is 11.5 Å². The lowest BCUT2D eigenvalue weighted by molar-refractivity contribution is 0.0992. The molecule has 1 aromatic heterocycles. The largest absolute Gasteiger partial charge is 0.508 e. The Bertz CT molecular complexity index is 796. The summed E-state index contributed by atoms with van der Waals surface area (Å²) in [7, 11) is 0. The summed E-state index contributed by atoms with van der Waals surface area (Å²) in [4.78, 5) is 12.1. The fourth-order valence-electron chi connectivity index (χ4n) is 2.03. The first-order valence-electron chi connectivity index (χ1n) is 7.08. The fourth-order valence-corrected chi connectivity index (χ4v) is 2.03. The van der Waals surface area contributed by atoms with Gasteiger partial charge in [0.1, 0.15) is 23.9 Å². The molecule has 0 radical (unpaired) electrons. The number of hydrogen-bond donors (Lipinski definition) is 2. The van der Waals surface area contributed by atoms with Crippen LogP contribution in [0.3, 0.4) is 0 Å². The highest BCUT2D eigenvalue weighted by Gasteiger charge is 2.12. The minimum Gasteiger partial charge on any atom is -0.508 e. The Morgan fingerprint density at radius 1 is 1.04 bits per heavy atom. The van der Waals surface area contributed by atoms with Crippen LogP contribution >= 0.6 is 0 Å². The zero-order valence-electron chi connectivity index (χ0n) is 12.2. The molecule has 0 spiro atoms. The number of carbonyl (C=O) groups is 1. The van der Waals surface area contributed by atoms with Crippen molar-refractivity contribution >= 4 is 11.6 Å². The maximum atomic E-state index is 12.1. The quantitative estimate of drug-likeness (QED) is 0.751. The van der Waals surface area contributed by atoms with Crippen molar-refractivity contribution in [1.82, 2.24) is 0 Å². The van der Waals surface area contributed by atoms with E-state index in [0.717, 1.165) is 5.75 Å². The predicted octanol–water partition coefficient (Wildman–Crippen LogP) is 3.82. The summed E-state index contributed by atoms with van der Waals surface area (Å²) in [5.74, 6) is 1.16. The molecular weight excluding hydrogens is 294 g/mol. The zero-order chi connectivity index (χ0) is 16.1. The van der Waals surface area contributed by atoms with Gasteiger partial charge in [-0.1, -0.05) is 24.3 Å². The van der Waals surface area contributed by atoms with Crippen LogP contribution in [0.1, 0.15) is 16.3 Å². The number of hydrogen-bond acceptors (Lipinski definition) is 4. The summed E-state index contributed by atoms with van der Waals surface area (Å²) in [6, 6.07) is 19.0. The molecule has 0 saturated carbocycles. The van der Waals surface area contributed by atoms with E-state index in [1.165, 1.54) is 12.1 Å². The number of furan rings is 1. The van der Waals surface area contributed by atoms with Gasteiger partial charge in [-0.15, -0.1) is 0 Å². The maximum absolute atomic E-state index is 12.1. The Hall–Kier alpha value is -3.21. The van der Waals surface area contributed by atoms with Crippen molar-refractivity contribution in [2.75, 3.05) is 5.32 Å². The second-order valence-corrected chi connectivity index (χ2v) is 4.87. The van der Waals surface area contributed by atoms with Crippen molar-refractivity contribution in [3.05, 3.63) is 78.3 Å². The van der Waals surface area contributed by atoms with Crippen molar-refractivity contribution in [2.45, 2.75) is 6.61 Å². The van der Waals surface area contributed by atoms with Gasteiger partial charge in [0.25, 0.3) is 5.91 Å². The average molecular weight is 309 g/mol. The lowest BCUT2D eigenvalue weighted by Gasteiger charge is -2.04. The standard InChI is InChI=1S/C18H15NO4/c20-14-6-4-5-13(11-14)19-18(21)17-10-9-16(23-17)12-22-15-7-2-1-3-8-15/h1-11,20H,12H2,(H,19,21). The van der Waals surface area contributed by atoms with Crippen LogP contribution in [0.15, 0.2) is 71.1 Å². The third-order valence-corrected chi connectivity index (χ3v) is 3.11. The predicted molar refractivity (Wildman–Crippen MR) is 85.5 cm³/mol. The van der Waals surface area contributed by atoms with Crippen LogP contribution in [0.2, 0.25) is 0 Å². The van der Waals surface area contributed by atoms with Gasteiger partial charge in [-0.05, 0) is 36.4 Å². The summed E-state index contributed by atoms with van der Waals surface area (Å²) < 4.78 is 11.0. The monoisotopic (exact) mass is 309 g/mol. The number of anilines is 1. The second kappa shape index (κ2) is 6.70. The van der Waals surface area contributed by atoms with Gasteiger partial charge in [-0.2, -0.15) is 0 Å². The third-order valence-electron chi connectivity index (χ3n) is 3.11. The van der Waals surface area contributed by atoms with Gasteiger partial charge < -0.3 is 19.6 Å². The lowest BCUT2D eigenvalue weighted by Crippen LogP contribution is -2.10. The van der Waals surface area contributed by atoms with Crippen molar-refractivity contribution < 1.29 is 19.1 Å². The molecule has 0 saturated heterocycles. The van der Waals surface area contributed by atoms with Gasteiger partial charge in [0.15, 0.2) is 5.76 Å². The summed E-state index contributed by atoms with van der Waals surface area (Å²) in [5.41, 5.74) is 0.494. The lowest BCUT2D eigenvalue weighted by atomic mass is 10.3. The number of aromatic hydroxyl groups is 1. The molecule has 0 atom stereocenters. The van der Waals surface area contributed by atoms with Crippen LogP contribution in [0.4, 0.5) is 5.69 Å². The molecule has 23 heavy (non-hydrogen) atoms. The Kier molecular flexibility index (Phi) is 4.29. The number of rotatable bonds is 5. The van der Waals surface area contributed by atoms with Crippen LogP contribution < -0.4 is 10.1 Å². The average Bonchev–Trinajstić information content (AvgIpc) is 3.03. The molecule has 1 amide bonds. The Morgan fingerprint density at radius 3 is 2.65 bits per heavy atom. The van der Waals surface area contributed by atoms with Crippen LogP contribution in [-0.2, 0) is 6.61 Å². The van der Waals surface area contributed by atoms with E-state index in [1.807, 2.05) is 30.3 Å². The highest BCUT2D eigenvalue weighted by atomic mass is 16.5. The Morgan fingerprint density at radius 2 is 1.87 bits per heavy atom. The van der Waals surface area contributed by atoms with Crippen molar-refractivity contribution in [3.8, 4) is 11.5 Å². The number of phenolic OH excluding ortho intramolecular Hbond substituents is 1. The number of phenols is 1. The minimum atomic E-state index is -0.387. The number of ether oxygens (including phenoxy) is 1. The SMILES string of the molecule is O=C(Nc1cccc(O)c1)c1ccc(COc2ccccc2)o1. The highest BCUT2D eigenvalue weighted by Crippen LogP contribution is 2.18. The van der Waals surface area contributed by atoms with E-state index in [1.54, 1.807) is 24.3 Å². The third kappa shape index (κ3) is 3.91. The van der Waals surface area contributed by atoms with E-state index >= 15 is 0 Å². The van der Waals surface area contributed by atoms with Crippen molar-refractivity contribution in [3.63, 3.8) is 0 Å². The molecule has 0 aliphatic heterocycles. The Balaban J connectivity index is 1.61. The molecule has 116 valence electrons. The van der Waals surface area contributed by atoms with E-state index in [2.05, 4.69) is 5.32 Å². The molecule has 2 aromatic carbocycles. The second-order valence-electron chi connectivity index (χ2n) is 4.87. The van der Waals surface area contributed by atoms with E-state index < -0.39 is 0 Å². The number of nitrogens with one attached hydrogen (secondary N) is 1. The number of benzene rings is 2. The molecule has 5 heteroatoms. The van der Waals surface area contributed by atoms with E-state index in [4.69, 9.17) is 9.15 Å². The van der Waals surface area contributed by atoms with Crippen LogP contribution in [0, 0.1) is 0 Å². The van der Waals surface area contributed by atoms with Gasteiger partial charge in [0.2, 0.25) is 0 Å². The molecule has 0 aliphatic rings. The van der Waals surface area contributed by atoms with Crippen molar-refractivity contribution in [2.24, 2.45) is 0 Å². The Labute approximate surface area is 133 Å². The molecule has 5 nitrogen and oxygen atoms in total. The fraction of sp³-hybridized carbons (Fsp3) is 0.0556. The summed E-state index contributed by atoms with van der Waals surface area (Å²) in [5, 5.41) is 12.0. The number of para-hydroxylation sites is 1. The maximum Gasteiger partial charge on any atom is 0.291 e. The topological polar surface area (TPSA) is 71.7 Å². The molecule has 3 rings (SSSR count). The first kappa shape index (κ1) is 14.7. The highest BCUT2D eigenvalue weighted by molar-refractivity contribution is 6.02. The first-order valence-corrected chi connectivity index (χ1v) is 7.08. The molecule has 0 unspecified atom stereocenters. The van der Waals surface area contributed by atoms with Crippen LogP contribution in [0.25, 0.3) is 0 Å². The number of amides is 1. The molecule has 0 aliphatic carbocycles. The molecular formula is C18H15NO4. The van der Waals surface area contributed by atoms with E-state index in [-0.39, 0.29) is 24.0 Å². The molecule has 3 aromatic rings. The van der Waals surface area contributed by atoms with Gasteiger partial charge in [0.05, 0.1) is 0 Å². The van der Waals surface area contributed by atoms with E-state index in [0.29, 0.717) is 11.4 Å². The molecule has 1 heterocycles. The first-order chi connectivity index (χ1) is 11.2. The molecule has 0 fully saturated rings. The smallest absolute Gasteiger partial charge is 0.291 e. The summed E-state index contributed by atoms with van der Waals surface area (Å²) in [6.07, 6.45) is 0. The van der Waals surface area contributed by atoms with Crippen LogP contribution in [-0.4, -0.2) is 11.0 Å². The summed E-state index contributed by atoms with van der Waals surface area (Å²) >= 11 is 0. The summed E-state index contributed by atoms with van der Waals surface area (Å²) in [6.45, 7) is 0.240. The normalized spacial score (nSPS) is 10.3. The van der Waals surface area contributed by atoms with Crippen molar-refractivity contribution in [1.29, 1.82) is 0 Å². The number of carbonyl (C=O) groups excluding carboxylic acids is 1. The molecule has 0 bridgehead atoms. The zero-order valence-corrected chi connectivity index (χ0v) is 12.2. The molecule has 2 N–H and O–H groups in total. The van der Waals surface area contributed by atoms with Gasteiger partial charge in [-0.3, -0.25) is 4.79 Å². The van der Waals surface area contributed by atoms with Gasteiger partial charge in [-0.25, -0.2) is 0 Å². The van der Waals surface area contributed by atoms with E-state index in [9.17, 15) is 9.90 Å². The minimum absolute atomic E-state index is 0.0826. The van der Waals surface area contributed by atoms with Gasteiger partial charge >= 0.3 is 0 Å². The van der Waals surface area contributed by atoms with Gasteiger partial charge in [0, 0.05) is 11.8 Å².